The average molecular weight is 331 g/mol. The van der Waals surface area contributed by atoms with Crippen molar-refractivity contribution in [2.24, 2.45) is 5.10 Å². The fourth-order valence-electron chi connectivity index (χ4n) is 1.78. The molecule has 0 saturated carbocycles. The molecule has 1 amide bonds. The third-order valence-electron chi connectivity index (χ3n) is 2.98. The van der Waals surface area contributed by atoms with Crippen molar-refractivity contribution in [3.8, 4) is 0 Å². The number of nitrogens with one attached hydrogen (secondary N) is 1. The number of benzene rings is 2. The molecule has 0 aliphatic heterocycles. The number of hydrogen-bond donors (Lipinski definition) is 1. The molecule has 0 aromatic heterocycles. The van der Waals surface area contributed by atoms with Gasteiger partial charge in [-0.1, -0.05) is 46.3 Å². The molecule has 0 saturated heterocycles. The number of nitrogens with zero attached hydrogens (tertiary/aromatic N) is 1. The minimum atomic E-state index is -0.195. The summed E-state index contributed by atoms with van der Waals surface area (Å²) in [4.78, 5) is 12.0. The van der Waals surface area contributed by atoms with Crippen molar-refractivity contribution in [3.05, 3.63) is 69.7 Å². The molecule has 4 heteroatoms. The van der Waals surface area contributed by atoms with Crippen LogP contribution in [0.15, 0.2) is 58.1 Å². The van der Waals surface area contributed by atoms with E-state index in [9.17, 15) is 4.79 Å². The second-order valence-electron chi connectivity index (χ2n) is 4.46. The Kier molecular flexibility index (Phi) is 4.69. The van der Waals surface area contributed by atoms with Gasteiger partial charge in [-0.2, -0.15) is 5.10 Å². The van der Waals surface area contributed by atoms with Crippen LogP contribution >= 0.6 is 15.9 Å². The third kappa shape index (κ3) is 3.54. The Labute approximate surface area is 126 Å². The summed E-state index contributed by atoms with van der Waals surface area (Å²) in [6, 6.07) is 15.2. The number of amides is 1. The van der Waals surface area contributed by atoms with E-state index in [4.69, 9.17) is 0 Å². The molecule has 3 nitrogen and oxygen atoms in total. The average Bonchev–Trinajstić information content (AvgIpc) is 2.45. The Morgan fingerprint density at radius 1 is 1.10 bits per heavy atom. The lowest BCUT2D eigenvalue weighted by Crippen LogP contribution is -2.20. The summed E-state index contributed by atoms with van der Waals surface area (Å²) < 4.78 is 1.01. The maximum atomic E-state index is 12.0. The molecule has 0 aliphatic carbocycles. The number of rotatable bonds is 3. The highest BCUT2D eigenvalue weighted by atomic mass is 79.9. The van der Waals surface area contributed by atoms with Crippen LogP contribution in [0, 0.1) is 6.92 Å². The summed E-state index contributed by atoms with van der Waals surface area (Å²) >= 11 is 3.39. The fourth-order valence-corrected chi connectivity index (χ4v) is 2.04. The highest BCUT2D eigenvalue weighted by Crippen LogP contribution is 2.11. The highest BCUT2D eigenvalue weighted by Gasteiger charge is 2.07. The van der Waals surface area contributed by atoms with Crippen LogP contribution in [-0.2, 0) is 0 Å². The zero-order valence-electron chi connectivity index (χ0n) is 11.4. The molecular weight excluding hydrogens is 316 g/mol. The van der Waals surface area contributed by atoms with E-state index < -0.39 is 0 Å². The van der Waals surface area contributed by atoms with Gasteiger partial charge in [-0.25, -0.2) is 5.43 Å². The molecule has 0 heterocycles. The molecular formula is C16H15BrN2O. The largest absolute Gasteiger partial charge is 0.271 e. The fraction of sp³-hybridized carbons (Fsp3) is 0.125. The normalized spacial score (nSPS) is 11.2. The van der Waals surface area contributed by atoms with E-state index in [0.29, 0.717) is 5.56 Å². The van der Waals surface area contributed by atoms with Gasteiger partial charge in [0.2, 0.25) is 0 Å². The predicted octanol–water partition coefficient (Wildman–Crippen LogP) is 3.91. The zero-order valence-corrected chi connectivity index (χ0v) is 12.9. The summed E-state index contributed by atoms with van der Waals surface area (Å²) in [5.74, 6) is -0.195. The zero-order chi connectivity index (χ0) is 14.5. The summed E-state index contributed by atoms with van der Waals surface area (Å²) in [5, 5.41) is 4.14. The van der Waals surface area contributed by atoms with Crippen LogP contribution in [0.4, 0.5) is 0 Å². The summed E-state index contributed by atoms with van der Waals surface area (Å²) in [6.45, 7) is 3.77. The predicted molar refractivity (Wildman–Crippen MR) is 85.0 cm³/mol. The first-order chi connectivity index (χ1) is 9.58. The molecule has 1 N–H and O–H groups in total. The molecule has 0 aliphatic rings. The molecule has 102 valence electrons. The van der Waals surface area contributed by atoms with Crippen LogP contribution in [-0.4, -0.2) is 11.6 Å². The summed E-state index contributed by atoms with van der Waals surface area (Å²) in [5.41, 5.74) is 5.89. The van der Waals surface area contributed by atoms with Crippen LogP contribution < -0.4 is 5.43 Å². The highest BCUT2D eigenvalue weighted by molar-refractivity contribution is 9.10. The van der Waals surface area contributed by atoms with Gasteiger partial charge >= 0.3 is 0 Å². The molecule has 2 aromatic rings. The monoisotopic (exact) mass is 330 g/mol. The summed E-state index contributed by atoms with van der Waals surface area (Å²) in [6.07, 6.45) is 0. The Balaban J connectivity index is 2.11. The van der Waals surface area contributed by atoms with Crippen molar-refractivity contribution in [1.29, 1.82) is 0 Å². The number of halogens is 1. The smallest absolute Gasteiger partial charge is 0.267 e. The van der Waals surface area contributed by atoms with E-state index >= 15 is 0 Å². The van der Waals surface area contributed by atoms with Gasteiger partial charge in [0.1, 0.15) is 0 Å². The first kappa shape index (κ1) is 14.5. The first-order valence-corrected chi connectivity index (χ1v) is 7.03. The van der Waals surface area contributed by atoms with Crippen molar-refractivity contribution in [2.45, 2.75) is 13.8 Å². The second kappa shape index (κ2) is 6.48. The molecule has 0 unspecified atom stereocenters. The minimum absolute atomic E-state index is 0.195. The van der Waals surface area contributed by atoms with Gasteiger partial charge in [0.05, 0.1) is 5.71 Å². The lowest BCUT2D eigenvalue weighted by molar-refractivity contribution is 0.0954. The van der Waals surface area contributed by atoms with Gasteiger partial charge < -0.3 is 0 Å². The van der Waals surface area contributed by atoms with E-state index in [0.717, 1.165) is 21.3 Å². The van der Waals surface area contributed by atoms with E-state index in [1.165, 1.54) is 0 Å². The lowest BCUT2D eigenvalue weighted by Gasteiger charge is -2.05. The lowest BCUT2D eigenvalue weighted by atomic mass is 10.1. The maximum Gasteiger partial charge on any atom is 0.271 e. The minimum Gasteiger partial charge on any atom is -0.267 e. The Morgan fingerprint density at radius 2 is 1.75 bits per heavy atom. The van der Waals surface area contributed by atoms with Crippen molar-refractivity contribution >= 4 is 27.5 Å². The second-order valence-corrected chi connectivity index (χ2v) is 5.38. The van der Waals surface area contributed by atoms with Crippen LogP contribution in [0.3, 0.4) is 0 Å². The van der Waals surface area contributed by atoms with E-state index in [2.05, 4.69) is 26.5 Å². The summed E-state index contributed by atoms with van der Waals surface area (Å²) in [7, 11) is 0. The standard InChI is InChI=1S/C16H15BrN2O/c1-11-5-3-4-6-15(11)16(20)19-18-12(2)13-7-9-14(17)10-8-13/h3-10H,1-2H3,(H,19,20). The van der Waals surface area contributed by atoms with Crippen molar-refractivity contribution in [1.82, 2.24) is 5.43 Å². The molecule has 2 aromatic carbocycles. The number of hydrogen-bond acceptors (Lipinski definition) is 2. The number of aryl methyl sites for hydroxylation is 1. The van der Waals surface area contributed by atoms with Gasteiger partial charge in [-0.3, -0.25) is 4.79 Å². The van der Waals surface area contributed by atoms with Gasteiger partial charge in [0, 0.05) is 10.0 Å². The molecule has 0 spiro atoms. The van der Waals surface area contributed by atoms with Crippen molar-refractivity contribution in [2.75, 3.05) is 0 Å². The molecule has 2 rings (SSSR count). The van der Waals surface area contributed by atoms with E-state index in [1.807, 2.05) is 56.3 Å². The van der Waals surface area contributed by atoms with E-state index in [1.54, 1.807) is 6.07 Å². The van der Waals surface area contributed by atoms with Crippen LogP contribution in [0.25, 0.3) is 0 Å². The topological polar surface area (TPSA) is 41.5 Å². The Bertz CT molecular complexity index is 648. The van der Waals surface area contributed by atoms with Gasteiger partial charge in [0.15, 0.2) is 0 Å². The van der Waals surface area contributed by atoms with E-state index in [-0.39, 0.29) is 5.91 Å². The molecule has 0 atom stereocenters. The molecule has 0 bridgehead atoms. The van der Waals surface area contributed by atoms with Crippen LogP contribution in [0.5, 0.6) is 0 Å². The quantitative estimate of drug-likeness (QED) is 0.672. The third-order valence-corrected chi connectivity index (χ3v) is 3.51. The number of carbonyl (C=O) groups excluding carboxylic acids is 1. The van der Waals surface area contributed by atoms with Crippen LogP contribution in [0.1, 0.15) is 28.4 Å². The van der Waals surface area contributed by atoms with Gasteiger partial charge in [0.25, 0.3) is 5.91 Å². The van der Waals surface area contributed by atoms with Gasteiger partial charge in [-0.15, -0.1) is 0 Å². The molecule has 0 radical (unpaired) electrons. The molecule has 20 heavy (non-hydrogen) atoms. The van der Waals surface area contributed by atoms with Gasteiger partial charge in [-0.05, 0) is 43.2 Å². The van der Waals surface area contributed by atoms with Crippen molar-refractivity contribution in [3.63, 3.8) is 0 Å². The number of hydrazone groups is 1. The molecule has 0 fully saturated rings. The Hall–Kier alpha value is -1.94. The number of carbonyl (C=O) groups is 1. The van der Waals surface area contributed by atoms with Crippen molar-refractivity contribution < 1.29 is 4.79 Å². The SMILES string of the molecule is CC(=NNC(=O)c1ccccc1C)c1ccc(Br)cc1. The van der Waals surface area contributed by atoms with Crippen LogP contribution in [0.2, 0.25) is 0 Å². The Morgan fingerprint density at radius 3 is 2.40 bits per heavy atom. The first-order valence-electron chi connectivity index (χ1n) is 6.24. The maximum absolute atomic E-state index is 12.0.